The summed E-state index contributed by atoms with van der Waals surface area (Å²) in [4.78, 5) is 0. The zero-order chi connectivity index (χ0) is 14.9. The molecule has 2 aromatic carbocycles. The monoisotopic (exact) mass is 319 g/mol. The van der Waals surface area contributed by atoms with E-state index in [0.29, 0.717) is 6.61 Å². The summed E-state index contributed by atoms with van der Waals surface area (Å²) in [5.41, 5.74) is 8.58. The fraction of sp³-hybridized carbons (Fsp3) is 0.368. The van der Waals surface area contributed by atoms with Crippen molar-refractivity contribution >= 4 is 12.4 Å². The van der Waals surface area contributed by atoms with Gasteiger partial charge in [0.2, 0.25) is 0 Å². The van der Waals surface area contributed by atoms with Gasteiger partial charge in [0, 0.05) is 6.04 Å². The molecule has 0 spiro atoms. The lowest BCUT2D eigenvalue weighted by atomic mass is 10.0. The SMILES string of the molecule is CCCCC[C@H](N)c1ccc(OCc2ccccc2)cc1.Cl. The Bertz CT molecular complexity index is 513. The van der Waals surface area contributed by atoms with E-state index in [1.54, 1.807) is 0 Å². The maximum atomic E-state index is 6.21. The van der Waals surface area contributed by atoms with Crippen molar-refractivity contribution in [3.63, 3.8) is 0 Å². The van der Waals surface area contributed by atoms with Crippen LogP contribution in [-0.4, -0.2) is 0 Å². The number of hydrogen-bond acceptors (Lipinski definition) is 2. The summed E-state index contributed by atoms with van der Waals surface area (Å²) in [6.45, 7) is 2.81. The van der Waals surface area contributed by atoms with Crippen LogP contribution in [-0.2, 0) is 6.61 Å². The van der Waals surface area contributed by atoms with Gasteiger partial charge in [-0.1, -0.05) is 68.7 Å². The number of ether oxygens (including phenoxy) is 1. The lowest BCUT2D eigenvalue weighted by molar-refractivity contribution is 0.306. The lowest BCUT2D eigenvalue weighted by Gasteiger charge is -2.13. The van der Waals surface area contributed by atoms with E-state index in [9.17, 15) is 0 Å². The molecule has 0 fully saturated rings. The van der Waals surface area contributed by atoms with Crippen molar-refractivity contribution < 1.29 is 4.74 Å². The van der Waals surface area contributed by atoms with Crippen molar-refractivity contribution in [3.05, 3.63) is 65.7 Å². The van der Waals surface area contributed by atoms with E-state index in [1.807, 2.05) is 30.3 Å². The number of hydrogen-bond donors (Lipinski definition) is 1. The van der Waals surface area contributed by atoms with Gasteiger partial charge in [0.25, 0.3) is 0 Å². The molecule has 2 aromatic rings. The minimum atomic E-state index is 0. The molecule has 3 heteroatoms. The minimum absolute atomic E-state index is 0. The van der Waals surface area contributed by atoms with Crippen LogP contribution in [0.2, 0.25) is 0 Å². The maximum Gasteiger partial charge on any atom is 0.119 e. The van der Waals surface area contributed by atoms with E-state index in [4.69, 9.17) is 10.5 Å². The predicted octanol–water partition coefficient (Wildman–Crippen LogP) is 5.27. The molecule has 0 saturated heterocycles. The highest BCUT2D eigenvalue weighted by Gasteiger charge is 2.05. The van der Waals surface area contributed by atoms with Crippen molar-refractivity contribution in [2.45, 2.75) is 45.3 Å². The van der Waals surface area contributed by atoms with Gasteiger partial charge in [-0.2, -0.15) is 0 Å². The third kappa shape index (κ3) is 6.08. The number of unbranched alkanes of at least 4 members (excludes halogenated alkanes) is 2. The second-order valence-electron chi connectivity index (χ2n) is 5.45. The summed E-state index contributed by atoms with van der Waals surface area (Å²) < 4.78 is 5.78. The van der Waals surface area contributed by atoms with Crippen LogP contribution in [0.3, 0.4) is 0 Å². The van der Waals surface area contributed by atoms with Gasteiger partial charge in [0.05, 0.1) is 0 Å². The van der Waals surface area contributed by atoms with E-state index in [0.717, 1.165) is 12.2 Å². The Hall–Kier alpha value is -1.51. The van der Waals surface area contributed by atoms with E-state index in [2.05, 4.69) is 31.2 Å². The predicted molar refractivity (Wildman–Crippen MR) is 95.5 cm³/mol. The molecule has 2 N–H and O–H groups in total. The normalized spacial score (nSPS) is 11.5. The number of rotatable bonds is 8. The van der Waals surface area contributed by atoms with Crippen molar-refractivity contribution in [2.24, 2.45) is 5.73 Å². The van der Waals surface area contributed by atoms with Crippen LogP contribution in [0.4, 0.5) is 0 Å². The molecule has 120 valence electrons. The van der Waals surface area contributed by atoms with Gasteiger partial charge >= 0.3 is 0 Å². The highest BCUT2D eigenvalue weighted by atomic mass is 35.5. The average Bonchev–Trinajstić information content (AvgIpc) is 2.54. The Morgan fingerprint density at radius 2 is 1.64 bits per heavy atom. The first kappa shape index (κ1) is 18.5. The fourth-order valence-corrected chi connectivity index (χ4v) is 2.33. The third-order valence-electron chi connectivity index (χ3n) is 3.68. The first-order chi connectivity index (χ1) is 10.3. The molecule has 0 aromatic heterocycles. The van der Waals surface area contributed by atoms with Crippen molar-refractivity contribution in [3.8, 4) is 5.75 Å². The molecule has 0 radical (unpaired) electrons. The Balaban J connectivity index is 0.00000242. The molecule has 2 nitrogen and oxygen atoms in total. The summed E-state index contributed by atoms with van der Waals surface area (Å²) in [6, 6.07) is 18.5. The molecule has 0 unspecified atom stereocenters. The van der Waals surface area contributed by atoms with Crippen molar-refractivity contribution in [1.29, 1.82) is 0 Å². The third-order valence-corrected chi connectivity index (χ3v) is 3.68. The van der Waals surface area contributed by atoms with Gasteiger partial charge in [0.15, 0.2) is 0 Å². The van der Waals surface area contributed by atoms with E-state index < -0.39 is 0 Å². The molecule has 0 aliphatic carbocycles. The molecular formula is C19H26ClNO. The van der Waals surface area contributed by atoms with Gasteiger partial charge < -0.3 is 10.5 Å². The highest BCUT2D eigenvalue weighted by Crippen LogP contribution is 2.21. The van der Waals surface area contributed by atoms with Gasteiger partial charge in [-0.15, -0.1) is 12.4 Å². The highest BCUT2D eigenvalue weighted by molar-refractivity contribution is 5.85. The molecule has 0 amide bonds. The summed E-state index contributed by atoms with van der Waals surface area (Å²) in [5, 5.41) is 0. The molecule has 1 atom stereocenters. The van der Waals surface area contributed by atoms with Crippen LogP contribution >= 0.6 is 12.4 Å². The molecule has 22 heavy (non-hydrogen) atoms. The van der Waals surface area contributed by atoms with E-state index in [1.165, 1.54) is 30.4 Å². The van der Waals surface area contributed by atoms with E-state index in [-0.39, 0.29) is 18.4 Å². The topological polar surface area (TPSA) is 35.2 Å². The first-order valence-electron chi connectivity index (χ1n) is 7.82. The van der Waals surface area contributed by atoms with Crippen LogP contribution in [0, 0.1) is 0 Å². The summed E-state index contributed by atoms with van der Waals surface area (Å²) in [5.74, 6) is 0.892. The average molecular weight is 320 g/mol. The summed E-state index contributed by atoms with van der Waals surface area (Å²) in [7, 11) is 0. The molecule has 0 aliphatic heterocycles. The lowest BCUT2D eigenvalue weighted by Crippen LogP contribution is -2.09. The smallest absolute Gasteiger partial charge is 0.119 e. The Morgan fingerprint density at radius 1 is 0.955 bits per heavy atom. The molecule has 2 rings (SSSR count). The molecule has 0 bridgehead atoms. The standard InChI is InChI=1S/C19H25NO.ClH/c1-2-3-5-10-19(20)17-11-13-18(14-12-17)21-15-16-8-6-4-7-9-16;/h4,6-9,11-14,19H,2-3,5,10,15,20H2,1H3;1H/t19-;/m0./s1. The van der Waals surface area contributed by atoms with Crippen LogP contribution < -0.4 is 10.5 Å². The Morgan fingerprint density at radius 3 is 2.27 bits per heavy atom. The number of benzene rings is 2. The zero-order valence-corrected chi connectivity index (χ0v) is 14.0. The first-order valence-corrected chi connectivity index (χ1v) is 7.82. The van der Waals surface area contributed by atoms with Crippen LogP contribution in [0.1, 0.15) is 49.8 Å². The number of nitrogens with two attached hydrogens (primary N) is 1. The maximum absolute atomic E-state index is 6.21. The molecular weight excluding hydrogens is 294 g/mol. The minimum Gasteiger partial charge on any atom is -0.489 e. The van der Waals surface area contributed by atoms with E-state index >= 15 is 0 Å². The van der Waals surface area contributed by atoms with Crippen molar-refractivity contribution in [1.82, 2.24) is 0 Å². The van der Waals surface area contributed by atoms with Gasteiger partial charge in [-0.05, 0) is 29.7 Å². The van der Waals surface area contributed by atoms with Crippen LogP contribution in [0.25, 0.3) is 0 Å². The second kappa shape index (κ2) is 10.3. The van der Waals surface area contributed by atoms with Crippen LogP contribution in [0.15, 0.2) is 54.6 Å². The van der Waals surface area contributed by atoms with Gasteiger partial charge in [-0.3, -0.25) is 0 Å². The Kier molecular flexibility index (Phi) is 8.64. The molecule has 0 heterocycles. The Labute approximate surface area is 140 Å². The number of halogens is 1. The largest absolute Gasteiger partial charge is 0.489 e. The quantitative estimate of drug-likeness (QED) is 0.673. The second-order valence-corrected chi connectivity index (χ2v) is 5.45. The summed E-state index contributed by atoms with van der Waals surface area (Å²) in [6.07, 6.45) is 4.74. The van der Waals surface area contributed by atoms with Gasteiger partial charge in [0.1, 0.15) is 12.4 Å². The van der Waals surface area contributed by atoms with Crippen LogP contribution in [0.5, 0.6) is 5.75 Å². The molecule has 0 saturated carbocycles. The summed E-state index contributed by atoms with van der Waals surface area (Å²) >= 11 is 0. The van der Waals surface area contributed by atoms with Gasteiger partial charge in [-0.25, -0.2) is 0 Å². The van der Waals surface area contributed by atoms with Crippen molar-refractivity contribution in [2.75, 3.05) is 0 Å². The zero-order valence-electron chi connectivity index (χ0n) is 13.2. The fourth-order valence-electron chi connectivity index (χ4n) is 2.33. The molecule has 0 aliphatic rings.